The fourth-order valence-electron chi connectivity index (χ4n) is 4.00. The summed E-state index contributed by atoms with van der Waals surface area (Å²) < 4.78 is 43.6. The largest absolute Gasteiger partial charge is 0.491 e. The molecule has 0 spiro atoms. The Kier molecular flexibility index (Phi) is 6.25. The van der Waals surface area contributed by atoms with Crippen molar-refractivity contribution in [1.29, 1.82) is 0 Å². The minimum atomic E-state index is -4.39. The highest BCUT2D eigenvalue weighted by Gasteiger charge is 2.31. The summed E-state index contributed by atoms with van der Waals surface area (Å²) in [5, 5.41) is 10.6. The topological polar surface area (TPSA) is 45.6 Å². The molecular formula is C24H23F3N2O2. The number of alkyl halides is 3. The Morgan fingerprint density at radius 2 is 1.84 bits per heavy atom. The molecule has 3 aromatic rings. The summed E-state index contributed by atoms with van der Waals surface area (Å²) in [7, 11) is 0. The van der Waals surface area contributed by atoms with Crippen LogP contribution in [0.1, 0.15) is 28.3 Å². The first-order chi connectivity index (χ1) is 14.9. The van der Waals surface area contributed by atoms with Crippen LogP contribution in [0.25, 0.3) is 0 Å². The predicted molar refractivity (Wildman–Crippen MR) is 111 cm³/mol. The van der Waals surface area contributed by atoms with Crippen LogP contribution in [-0.4, -0.2) is 40.8 Å². The van der Waals surface area contributed by atoms with E-state index >= 15 is 0 Å². The molecule has 2 atom stereocenters. The van der Waals surface area contributed by atoms with Gasteiger partial charge in [-0.15, -0.1) is 0 Å². The molecule has 1 aliphatic heterocycles. The Morgan fingerprint density at radius 1 is 1.06 bits per heavy atom. The molecule has 0 bridgehead atoms. The van der Waals surface area contributed by atoms with Crippen molar-refractivity contribution in [3.63, 3.8) is 0 Å². The van der Waals surface area contributed by atoms with Gasteiger partial charge in [0.1, 0.15) is 18.5 Å². The van der Waals surface area contributed by atoms with Gasteiger partial charge >= 0.3 is 6.18 Å². The van der Waals surface area contributed by atoms with Crippen LogP contribution in [-0.2, 0) is 12.6 Å². The molecule has 2 aromatic carbocycles. The highest BCUT2D eigenvalue weighted by Crippen LogP contribution is 2.35. The number of hydrogen-bond donors (Lipinski definition) is 1. The van der Waals surface area contributed by atoms with Crippen LogP contribution in [0.2, 0.25) is 0 Å². The maximum absolute atomic E-state index is 12.7. The number of halogens is 3. The van der Waals surface area contributed by atoms with Crippen molar-refractivity contribution >= 4 is 0 Å². The third kappa shape index (κ3) is 5.06. The quantitative estimate of drug-likeness (QED) is 0.629. The minimum absolute atomic E-state index is 0.0106. The van der Waals surface area contributed by atoms with Crippen molar-refractivity contribution in [3.05, 3.63) is 95.3 Å². The average molecular weight is 428 g/mol. The van der Waals surface area contributed by atoms with E-state index in [0.29, 0.717) is 12.3 Å². The highest BCUT2D eigenvalue weighted by molar-refractivity contribution is 5.39. The number of nitrogens with zero attached hydrogens (tertiary/aromatic N) is 2. The zero-order chi connectivity index (χ0) is 21.8. The van der Waals surface area contributed by atoms with E-state index in [9.17, 15) is 18.3 Å². The molecular weight excluding hydrogens is 405 g/mol. The van der Waals surface area contributed by atoms with Crippen molar-refractivity contribution in [3.8, 4) is 5.75 Å². The van der Waals surface area contributed by atoms with E-state index in [0.717, 1.165) is 30.7 Å². The smallest absolute Gasteiger partial charge is 0.416 e. The fraction of sp³-hybridized carbons (Fsp3) is 0.292. The van der Waals surface area contributed by atoms with Crippen molar-refractivity contribution in [1.82, 2.24) is 9.88 Å². The molecule has 4 rings (SSSR count). The highest BCUT2D eigenvalue weighted by atomic mass is 19.4. The standard InChI is InChI=1S/C24H23F3N2O2/c25-24(26,27)19-7-9-21(10-8-19)31-16-20(30)15-29-13-11-17-4-1-2-6-22(17)23(29)18-5-3-12-28-14-18/h1-10,12,14,20,23,30H,11,13,15-16H2/t20-,23-/m0/s1. The van der Waals surface area contributed by atoms with E-state index < -0.39 is 17.8 Å². The molecule has 7 heteroatoms. The number of hydrogen-bond acceptors (Lipinski definition) is 4. The Balaban J connectivity index is 1.44. The molecule has 2 heterocycles. The lowest BCUT2D eigenvalue weighted by Crippen LogP contribution is -2.42. The molecule has 0 radical (unpaired) electrons. The van der Waals surface area contributed by atoms with Crippen LogP contribution in [0.4, 0.5) is 13.2 Å². The van der Waals surface area contributed by atoms with E-state index in [1.807, 2.05) is 30.5 Å². The summed E-state index contributed by atoms with van der Waals surface area (Å²) in [6.45, 7) is 1.13. The second-order valence-electron chi connectivity index (χ2n) is 7.62. The van der Waals surface area contributed by atoms with Crippen LogP contribution in [0, 0.1) is 0 Å². The summed E-state index contributed by atoms with van der Waals surface area (Å²) >= 11 is 0. The van der Waals surface area contributed by atoms with Gasteiger partial charge in [-0.25, -0.2) is 0 Å². The second kappa shape index (κ2) is 9.08. The summed E-state index contributed by atoms with van der Waals surface area (Å²) in [5.74, 6) is 0.292. The normalized spacial score (nSPS) is 17.7. The third-order valence-electron chi connectivity index (χ3n) is 5.45. The molecule has 0 saturated carbocycles. The van der Waals surface area contributed by atoms with E-state index in [-0.39, 0.29) is 12.6 Å². The van der Waals surface area contributed by atoms with Gasteiger partial charge in [0.2, 0.25) is 0 Å². The van der Waals surface area contributed by atoms with E-state index in [1.165, 1.54) is 23.3 Å². The van der Waals surface area contributed by atoms with Crippen molar-refractivity contribution in [2.75, 3.05) is 19.7 Å². The van der Waals surface area contributed by atoms with Gasteiger partial charge in [-0.1, -0.05) is 30.3 Å². The fourth-order valence-corrected chi connectivity index (χ4v) is 4.00. The Labute approximate surface area is 178 Å². The van der Waals surface area contributed by atoms with E-state index in [1.54, 1.807) is 6.20 Å². The van der Waals surface area contributed by atoms with Gasteiger partial charge in [-0.05, 0) is 53.4 Å². The third-order valence-corrected chi connectivity index (χ3v) is 5.45. The lowest BCUT2D eigenvalue weighted by molar-refractivity contribution is -0.137. The van der Waals surface area contributed by atoms with Crippen LogP contribution >= 0.6 is 0 Å². The predicted octanol–water partition coefficient (Wildman–Crippen LogP) is 4.49. The van der Waals surface area contributed by atoms with Gasteiger partial charge in [-0.2, -0.15) is 13.2 Å². The molecule has 162 valence electrons. The lowest BCUT2D eigenvalue weighted by atomic mass is 9.88. The van der Waals surface area contributed by atoms with Gasteiger partial charge in [0, 0.05) is 25.5 Å². The summed E-state index contributed by atoms with van der Waals surface area (Å²) in [6, 6.07) is 16.6. The van der Waals surface area contributed by atoms with E-state index in [2.05, 4.69) is 22.0 Å². The van der Waals surface area contributed by atoms with Gasteiger partial charge in [-0.3, -0.25) is 9.88 Å². The summed E-state index contributed by atoms with van der Waals surface area (Å²) in [6.07, 6.45) is -0.740. The molecule has 0 fully saturated rings. The number of pyridine rings is 1. The first kappa shape index (κ1) is 21.3. The number of β-amino-alcohol motifs (C(OH)–C–C–N with tert-alkyl or cyclic N) is 1. The Morgan fingerprint density at radius 3 is 2.55 bits per heavy atom. The van der Waals surface area contributed by atoms with E-state index in [4.69, 9.17) is 4.74 Å². The number of ether oxygens (including phenoxy) is 1. The molecule has 1 N–H and O–H groups in total. The van der Waals surface area contributed by atoms with Gasteiger partial charge in [0.25, 0.3) is 0 Å². The van der Waals surface area contributed by atoms with Crippen molar-refractivity contribution in [2.45, 2.75) is 24.7 Å². The molecule has 1 aromatic heterocycles. The maximum Gasteiger partial charge on any atom is 0.416 e. The van der Waals surface area contributed by atoms with Crippen LogP contribution in [0.5, 0.6) is 5.75 Å². The van der Waals surface area contributed by atoms with Gasteiger partial charge < -0.3 is 9.84 Å². The maximum atomic E-state index is 12.7. The first-order valence-corrected chi connectivity index (χ1v) is 10.1. The van der Waals surface area contributed by atoms with Crippen molar-refractivity contribution in [2.24, 2.45) is 0 Å². The molecule has 0 aliphatic carbocycles. The first-order valence-electron chi connectivity index (χ1n) is 10.1. The number of rotatable bonds is 6. The van der Waals surface area contributed by atoms with Crippen molar-refractivity contribution < 1.29 is 23.0 Å². The second-order valence-corrected chi connectivity index (χ2v) is 7.62. The number of aliphatic hydroxyl groups is 1. The number of fused-ring (bicyclic) bond motifs is 1. The Hall–Kier alpha value is -2.90. The number of aromatic nitrogens is 1. The molecule has 0 amide bonds. The molecule has 1 aliphatic rings. The molecule has 31 heavy (non-hydrogen) atoms. The molecule has 0 unspecified atom stereocenters. The zero-order valence-electron chi connectivity index (χ0n) is 16.8. The summed E-state index contributed by atoms with van der Waals surface area (Å²) in [4.78, 5) is 6.45. The number of aliphatic hydroxyl groups excluding tert-OH is 1. The van der Waals surface area contributed by atoms with Gasteiger partial charge in [0.05, 0.1) is 11.6 Å². The zero-order valence-corrected chi connectivity index (χ0v) is 16.8. The average Bonchev–Trinajstić information content (AvgIpc) is 2.78. The molecule has 4 nitrogen and oxygen atoms in total. The van der Waals surface area contributed by atoms with Gasteiger partial charge in [0.15, 0.2) is 0 Å². The monoisotopic (exact) mass is 428 g/mol. The number of benzene rings is 2. The minimum Gasteiger partial charge on any atom is -0.491 e. The summed E-state index contributed by atoms with van der Waals surface area (Å²) in [5.41, 5.74) is 2.79. The Bertz CT molecular complexity index is 994. The van der Waals surface area contributed by atoms with Crippen LogP contribution in [0.3, 0.4) is 0 Å². The molecule has 0 saturated heterocycles. The lowest BCUT2D eigenvalue weighted by Gasteiger charge is -2.38. The SMILES string of the molecule is O[C@H](COc1ccc(C(F)(F)F)cc1)CN1CCc2ccccc2[C@@H]1c1cccnc1. The van der Waals surface area contributed by atoms with Crippen LogP contribution in [0.15, 0.2) is 73.1 Å². The van der Waals surface area contributed by atoms with Crippen LogP contribution < -0.4 is 4.74 Å².